The molecule has 0 radical (unpaired) electrons. The number of ether oxygens (including phenoxy) is 3. The second-order valence-corrected chi connectivity index (χ2v) is 4.21. The molecule has 0 aliphatic carbocycles. The Bertz CT molecular complexity index is 579. The van der Waals surface area contributed by atoms with Gasteiger partial charge in [-0.3, -0.25) is 4.79 Å². The number of carbonyl (C=O) groups excluding carboxylic acids is 1. The van der Waals surface area contributed by atoms with Crippen LogP contribution in [0.15, 0.2) is 18.2 Å². The van der Waals surface area contributed by atoms with E-state index in [4.69, 9.17) is 19.5 Å². The molecule has 0 bridgehead atoms. The van der Waals surface area contributed by atoms with E-state index in [9.17, 15) is 4.79 Å². The van der Waals surface area contributed by atoms with Crippen molar-refractivity contribution in [3.05, 3.63) is 23.8 Å². The minimum atomic E-state index is -1.08. The zero-order chi connectivity index (χ0) is 15.7. The van der Waals surface area contributed by atoms with Crippen LogP contribution in [0.25, 0.3) is 0 Å². The number of methoxy groups -OCH3 is 2. The summed E-state index contributed by atoms with van der Waals surface area (Å²) < 4.78 is 17.9. The van der Waals surface area contributed by atoms with Gasteiger partial charge in [0, 0.05) is 34.2 Å². The van der Waals surface area contributed by atoms with E-state index >= 15 is 0 Å². The van der Waals surface area contributed by atoms with Gasteiger partial charge in [-0.1, -0.05) is 5.92 Å². The van der Waals surface area contributed by atoms with Crippen molar-refractivity contribution in [1.29, 1.82) is 5.26 Å². The van der Waals surface area contributed by atoms with Crippen molar-refractivity contribution in [3.8, 4) is 27.4 Å². The maximum atomic E-state index is 12.1. The van der Waals surface area contributed by atoms with Crippen LogP contribution in [0, 0.1) is 21.2 Å². The Labute approximate surface area is 136 Å². The third-order valence-corrected chi connectivity index (χ3v) is 2.76. The van der Waals surface area contributed by atoms with Crippen LogP contribution < -0.4 is 14.8 Å². The summed E-state index contributed by atoms with van der Waals surface area (Å²) >= 11 is 1.86. The maximum Gasteiger partial charge on any atom is 0.254 e. The standard InChI is InChI=1S/C14H13IN2O4/c1-19-11-6-10(7-12(8-11)20-2)14(18)17-13(9-16)21-5-3-4-15/h6-8,13H,5H2,1-2H3,(H,17,18). The van der Waals surface area contributed by atoms with Gasteiger partial charge >= 0.3 is 0 Å². The lowest BCUT2D eigenvalue weighted by molar-refractivity contribution is 0.0684. The number of carbonyl (C=O) groups is 1. The molecule has 1 amide bonds. The lowest BCUT2D eigenvalue weighted by Crippen LogP contribution is -2.36. The summed E-state index contributed by atoms with van der Waals surface area (Å²) in [7, 11) is 2.97. The highest BCUT2D eigenvalue weighted by molar-refractivity contribution is 14.1. The predicted molar refractivity (Wildman–Crippen MR) is 84.2 cm³/mol. The molecule has 1 aromatic rings. The van der Waals surface area contributed by atoms with Crippen molar-refractivity contribution in [2.24, 2.45) is 0 Å². The van der Waals surface area contributed by atoms with E-state index in [-0.39, 0.29) is 6.61 Å². The van der Waals surface area contributed by atoms with Crippen LogP contribution in [0.3, 0.4) is 0 Å². The summed E-state index contributed by atoms with van der Waals surface area (Å²) in [5.41, 5.74) is 0.301. The van der Waals surface area contributed by atoms with Crippen LogP contribution in [0.2, 0.25) is 0 Å². The molecule has 0 saturated carbocycles. The fourth-order valence-corrected chi connectivity index (χ4v) is 1.56. The van der Waals surface area contributed by atoms with E-state index in [1.54, 1.807) is 6.07 Å². The molecule has 1 N–H and O–H groups in total. The Morgan fingerprint density at radius 2 is 1.95 bits per heavy atom. The summed E-state index contributed by atoms with van der Waals surface area (Å²) in [5, 5.41) is 11.4. The first-order chi connectivity index (χ1) is 10.1. The molecule has 6 nitrogen and oxygen atoms in total. The smallest absolute Gasteiger partial charge is 0.254 e. The molecule has 0 saturated heterocycles. The number of nitrogens with zero attached hydrogens (tertiary/aromatic N) is 1. The molecule has 0 aliphatic rings. The molecule has 1 unspecified atom stereocenters. The van der Waals surface area contributed by atoms with Gasteiger partial charge in [0.05, 0.1) is 14.2 Å². The van der Waals surface area contributed by atoms with Crippen molar-refractivity contribution in [1.82, 2.24) is 5.32 Å². The summed E-state index contributed by atoms with van der Waals surface area (Å²) in [6.07, 6.45) is -1.08. The van der Waals surface area contributed by atoms with Gasteiger partial charge in [0.1, 0.15) is 24.2 Å². The van der Waals surface area contributed by atoms with Crippen LogP contribution in [0.4, 0.5) is 0 Å². The Morgan fingerprint density at radius 3 is 2.43 bits per heavy atom. The number of halogens is 1. The number of nitrogens with one attached hydrogen (secondary N) is 1. The van der Waals surface area contributed by atoms with Gasteiger partial charge in [-0.15, -0.1) is 0 Å². The van der Waals surface area contributed by atoms with Crippen molar-refractivity contribution in [2.75, 3.05) is 20.8 Å². The van der Waals surface area contributed by atoms with Crippen LogP contribution in [-0.4, -0.2) is 33.0 Å². The molecule has 21 heavy (non-hydrogen) atoms. The van der Waals surface area contributed by atoms with Gasteiger partial charge in [0.15, 0.2) is 0 Å². The summed E-state index contributed by atoms with van der Waals surface area (Å²) in [6.45, 7) is 0.0584. The van der Waals surface area contributed by atoms with Gasteiger partial charge in [-0.05, 0) is 16.1 Å². The topological polar surface area (TPSA) is 80.6 Å². The highest BCUT2D eigenvalue weighted by Gasteiger charge is 2.15. The van der Waals surface area contributed by atoms with Crippen molar-refractivity contribution < 1.29 is 19.0 Å². The average Bonchev–Trinajstić information content (AvgIpc) is 2.53. The van der Waals surface area contributed by atoms with Crippen LogP contribution in [0.1, 0.15) is 10.4 Å². The van der Waals surface area contributed by atoms with Gasteiger partial charge in [-0.25, -0.2) is 0 Å². The first-order valence-corrected chi connectivity index (χ1v) is 6.86. The summed E-state index contributed by atoms with van der Waals surface area (Å²) in [4.78, 5) is 12.1. The molecule has 1 rings (SSSR count). The zero-order valence-electron chi connectivity index (χ0n) is 11.5. The van der Waals surface area contributed by atoms with Crippen molar-refractivity contribution in [3.63, 3.8) is 0 Å². The van der Waals surface area contributed by atoms with Crippen molar-refractivity contribution in [2.45, 2.75) is 6.23 Å². The predicted octanol–water partition coefficient (Wildman–Crippen LogP) is 1.70. The lowest BCUT2D eigenvalue weighted by Gasteiger charge is -2.12. The Morgan fingerprint density at radius 1 is 1.33 bits per heavy atom. The summed E-state index contributed by atoms with van der Waals surface area (Å²) in [5.74, 6) is 3.12. The minimum absolute atomic E-state index is 0.0584. The normalized spacial score (nSPS) is 10.6. The largest absolute Gasteiger partial charge is 0.497 e. The molecule has 0 aromatic heterocycles. The number of hydrogen-bond acceptors (Lipinski definition) is 5. The first-order valence-electron chi connectivity index (χ1n) is 5.78. The molecule has 7 heteroatoms. The first kappa shape index (κ1) is 17.1. The summed E-state index contributed by atoms with van der Waals surface area (Å²) in [6, 6.07) is 6.55. The monoisotopic (exact) mass is 400 g/mol. The number of benzene rings is 1. The molecule has 0 heterocycles. The van der Waals surface area contributed by atoms with E-state index in [1.807, 2.05) is 28.7 Å². The maximum absolute atomic E-state index is 12.1. The number of nitriles is 1. The highest BCUT2D eigenvalue weighted by atomic mass is 127. The Balaban J connectivity index is 2.82. The highest BCUT2D eigenvalue weighted by Crippen LogP contribution is 2.22. The molecule has 0 spiro atoms. The minimum Gasteiger partial charge on any atom is -0.497 e. The van der Waals surface area contributed by atoms with E-state index in [2.05, 4.69) is 15.2 Å². The van der Waals surface area contributed by atoms with Gasteiger partial charge in [0.2, 0.25) is 6.23 Å². The molecule has 1 aromatic carbocycles. The quantitative estimate of drug-likeness (QED) is 0.447. The van der Waals surface area contributed by atoms with E-state index < -0.39 is 12.1 Å². The second-order valence-electron chi connectivity index (χ2n) is 3.67. The fraction of sp³-hybridized carbons (Fsp3) is 0.286. The van der Waals surface area contributed by atoms with E-state index in [1.165, 1.54) is 26.4 Å². The van der Waals surface area contributed by atoms with E-state index in [0.29, 0.717) is 17.1 Å². The second kappa shape index (κ2) is 9.06. The SMILES string of the molecule is COc1cc(OC)cc(C(=O)NC(C#N)OCC#CI)c1. The lowest BCUT2D eigenvalue weighted by atomic mass is 10.2. The Hall–Kier alpha value is -1.97. The van der Waals surface area contributed by atoms with Crippen LogP contribution >= 0.6 is 22.6 Å². The van der Waals surface area contributed by atoms with Crippen LogP contribution in [0.5, 0.6) is 11.5 Å². The van der Waals surface area contributed by atoms with Crippen molar-refractivity contribution >= 4 is 28.5 Å². The Kier molecular flexibility index (Phi) is 7.37. The fourth-order valence-electron chi connectivity index (χ4n) is 1.40. The number of rotatable bonds is 6. The third kappa shape index (κ3) is 5.50. The van der Waals surface area contributed by atoms with Crippen LogP contribution in [-0.2, 0) is 4.74 Å². The molecular weight excluding hydrogens is 387 g/mol. The van der Waals surface area contributed by atoms with Gasteiger partial charge in [-0.2, -0.15) is 5.26 Å². The molecule has 0 aliphatic heterocycles. The average molecular weight is 400 g/mol. The van der Waals surface area contributed by atoms with E-state index in [0.717, 1.165) is 0 Å². The third-order valence-electron chi connectivity index (χ3n) is 2.38. The molecule has 0 fully saturated rings. The molecular formula is C14H13IN2O4. The van der Waals surface area contributed by atoms with Gasteiger partial charge in [0.25, 0.3) is 5.91 Å². The number of hydrogen-bond donors (Lipinski definition) is 1. The zero-order valence-corrected chi connectivity index (χ0v) is 13.6. The molecule has 110 valence electrons. The molecule has 1 atom stereocenters. The van der Waals surface area contributed by atoms with Gasteiger partial charge < -0.3 is 19.5 Å². The number of amides is 1.